The Morgan fingerprint density at radius 1 is 1.22 bits per heavy atom. The zero-order valence-corrected chi connectivity index (χ0v) is 10.0. The lowest BCUT2D eigenvalue weighted by molar-refractivity contribution is 0.0697. The normalized spacial score (nSPS) is 11.8. The summed E-state index contributed by atoms with van der Waals surface area (Å²) in [7, 11) is 1.88. The third kappa shape index (κ3) is 1.48. The molecule has 0 fully saturated rings. The maximum Gasteiger partial charge on any atom is 0.336 e. The van der Waals surface area contributed by atoms with Crippen molar-refractivity contribution in [1.29, 1.82) is 0 Å². The van der Waals surface area contributed by atoms with Crippen LogP contribution >= 0.6 is 0 Å². The molecule has 3 rings (SSSR count). The molecule has 0 spiro atoms. The van der Waals surface area contributed by atoms with Crippen LogP contribution < -0.4 is 5.32 Å². The maximum atomic E-state index is 11.3. The molecule has 0 atom stereocenters. The Morgan fingerprint density at radius 2 is 2.06 bits per heavy atom. The van der Waals surface area contributed by atoms with Gasteiger partial charge < -0.3 is 10.4 Å². The third-order valence-corrected chi connectivity index (χ3v) is 3.43. The first kappa shape index (κ1) is 10.8. The van der Waals surface area contributed by atoms with Crippen molar-refractivity contribution in [3.8, 4) is 11.1 Å². The summed E-state index contributed by atoms with van der Waals surface area (Å²) in [5.74, 6) is -0.864. The predicted molar refractivity (Wildman–Crippen MR) is 71.2 cm³/mol. The van der Waals surface area contributed by atoms with Crippen molar-refractivity contribution in [2.75, 3.05) is 12.4 Å². The molecule has 0 radical (unpaired) electrons. The number of fused-ring (bicyclic) bond motifs is 3. The number of carbonyl (C=O) groups is 1. The van der Waals surface area contributed by atoms with Gasteiger partial charge >= 0.3 is 5.97 Å². The third-order valence-electron chi connectivity index (χ3n) is 3.43. The van der Waals surface area contributed by atoms with Gasteiger partial charge in [0, 0.05) is 12.7 Å². The van der Waals surface area contributed by atoms with Gasteiger partial charge in [-0.2, -0.15) is 0 Å². The molecule has 0 amide bonds. The smallest absolute Gasteiger partial charge is 0.336 e. The molecular weight excluding hydrogens is 226 g/mol. The Bertz CT molecular complexity index is 647. The summed E-state index contributed by atoms with van der Waals surface area (Å²) in [6, 6.07) is 11.5. The summed E-state index contributed by atoms with van der Waals surface area (Å²) in [5, 5.41) is 12.4. The molecule has 90 valence electrons. The topological polar surface area (TPSA) is 49.3 Å². The summed E-state index contributed by atoms with van der Waals surface area (Å²) in [6.07, 6.45) is 0.807. The lowest BCUT2D eigenvalue weighted by Crippen LogP contribution is -1.99. The van der Waals surface area contributed by atoms with Gasteiger partial charge in [0.2, 0.25) is 0 Å². The molecule has 0 saturated heterocycles. The fourth-order valence-corrected chi connectivity index (χ4v) is 2.59. The van der Waals surface area contributed by atoms with Crippen molar-refractivity contribution in [2.45, 2.75) is 6.42 Å². The Labute approximate surface area is 105 Å². The lowest BCUT2D eigenvalue weighted by atomic mass is 9.99. The van der Waals surface area contributed by atoms with Gasteiger partial charge in [-0.3, -0.25) is 0 Å². The number of nitrogens with one attached hydrogen (secondary N) is 1. The molecule has 0 aromatic heterocycles. The number of rotatable bonds is 2. The summed E-state index contributed by atoms with van der Waals surface area (Å²) >= 11 is 0. The molecule has 1 aliphatic rings. The summed E-state index contributed by atoms with van der Waals surface area (Å²) in [5.41, 5.74) is 5.65. The first-order chi connectivity index (χ1) is 8.70. The molecule has 0 unspecified atom stereocenters. The van der Waals surface area contributed by atoms with Gasteiger partial charge in [-0.05, 0) is 46.9 Å². The van der Waals surface area contributed by atoms with E-state index in [4.69, 9.17) is 0 Å². The fourth-order valence-electron chi connectivity index (χ4n) is 2.59. The number of carboxylic acid groups (broad SMARTS) is 1. The highest BCUT2D eigenvalue weighted by molar-refractivity contribution is 5.99. The zero-order valence-electron chi connectivity index (χ0n) is 10.0. The first-order valence-electron chi connectivity index (χ1n) is 5.87. The highest BCUT2D eigenvalue weighted by Gasteiger charge is 2.23. The van der Waals surface area contributed by atoms with Crippen LogP contribution in [0.1, 0.15) is 21.5 Å². The lowest BCUT2D eigenvalue weighted by Gasteiger charge is -2.06. The van der Waals surface area contributed by atoms with E-state index in [1.54, 1.807) is 6.07 Å². The number of carboxylic acids is 1. The number of aromatic carboxylic acids is 1. The Hall–Kier alpha value is -2.29. The van der Waals surface area contributed by atoms with E-state index in [9.17, 15) is 9.90 Å². The largest absolute Gasteiger partial charge is 0.478 e. The van der Waals surface area contributed by atoms with Crippen molar-refractivity contribution >= 4 is 11.7 Å². The molecule has 2 aromatic rings. The van der Waals surface area contributed by atoms with E-state index >= 15 is 0 Å². The van der Waals surface area contributed by atoms with Crippen molar-refractivity contribution < 1.29 is 9.90 Å². The van der Waals surface area contributed by atoms with Gasteiger partial charge in [-0.25, -0.2) is 4.79 Å². The molecule has 0 heterocycles. The molecule has 18 heavy (non-hydrogen) atoms. The molecule has 1 aliphatic carbocycles. The summed E-state index contributed by atoms with van der Waals surface area (Å²) in [6.45, 7) is 0. The van der Waals surface area contributed by atoms with Crippen molar-refractivity contribution in [3.05, 3.63) is 53.1 Å². The molecule has 3 nitrogen and oxygen atoms in total. The average molecular weight is 239 g/mol. The first-order valence-corrected chi connectivity index (χ1v) is 5.87. The number of hydrogen-bond acceptors (Lipinski definition) is 2. The average Bonchev–Trinajstić information content (AvgIpc) is 2.75. The van der Waals surface area contributed by atoms with Crippen LogP contribution in [0.25, 0.3) is 11.1 Å². The molecule has 2 N–H and O–H groups in total. The SMILES string of the molecule is CNc1ccc2c(c1)Cc1cccc(C(=O)O)c1-2. The van der Waals surface area contributed by atoms with Gasteiger partial charge in [-0.15, -0.1) is 0 Å². The van der Waals surface area contributed by atoms with E-state index in [-0.39, 0.29) is 0 Å². The number of hydrogen-bond donors (Lipinski definition) is 2. The Kier molecular flexibility index (Phi) is 2.33. The standard InChI is InChI=1S/C15H13NO2/c1-16-11-5-6-12-10(8-11)7-9-3-2-4-13(14(9)12)15(17)18/h2-6,8,16H,7H2,1H3,(H,17,18). The minimum atomic E-state index is -0.864. The second-order valence-electron chi connectivity index (χ2n) is 4.44. The highest BCUT2D eigenvalue weighted by atomic mass is 16.4. The second-order valence-corrected chi connectivity index (χ2v) is 4.44. The summed E-state index contributed by atoms with van der Waals surface area (Å²) < 4.78 is 0. The molecule has 0 saturated carbocycles. The van der Waals surface area contributed by atoms with Crippen molar-refractivity contribution in [2.24, 2.45) is 0 Å². The van der Waals surface area contributed by atoms with E-state index < -0.39 is 5.97 Å². The quantitative estimate of drug-likeness (QED) is 0.722. The van der Waals surface area contributed by atoms with Crippen molar-refractivity contribution in [3.63, 3.8) is 0 Å². The van der Waals surface area contributed by atoms with Crippen LogP contribution in [-0.4, -0.2) is 18.1 Å². The number of benzene rings is 2. The van der Waals surface area contributed by atoms with E-state index in [1.807, 2.05) is 31.3 Å². The maximum absolute atomic E-state index is 11.3. The van der Waals surface area contributed by atoms with E-state index in [1.165, 1.54) is 5.56 Å². The molecule has 2 aromatic carbocycles. The van der Waals surface area contributed by atoms with Crippen LogP contribution in [0.15, 0.2) is 36.4 Å². The minimum Gasteiger partial charge on any atom is -0.478 e. The van der Waals surface area contributed by atoms with Crippen molar-refractivity contribution in [1.82, 2.24) is 0 Å². The van der Waals surface area contributed by atoms with E-state index in [0.29, 0.717) is 5.56 Å². The minimum absolute atomic E-state index is 0.392. The fraction of sp³-hybridized carbons (Fsp3) is 0.133. The van der Waals surface area contributed by atoms with Crippen LogP contribution in [0.3, 0.4) is 0 Å². The second kappa shape index (κ2) is 3.88. The van der Waals surface area contributed by atoms with Gasteiger partial charge in [0.25, 0.3) is 0 Å². The zero-order chi connectivity index (χ0) is 12.7. The predicted octanol–water partition coefficient (Wildman–Crippen LogP) is 3.00. The molecule has 0 aliphatic heterocycles. The van der Waals surface area contributed by atoms with Crippen LogP contribution in [-0.2, 0) is 6.42 Å². The monoisotopic (exact) mass is 239 g/mol. The van der Waals surface area contributed by atoms with Crippen LogP contribution in [0.5, 0.6) is 0 Å². The van der Waals surface area contributed by atoms with E-state index in [0.717, 1.165) is 28.8 Å². The highest BCUT2D eigenvalue weighted by Crippen LogP contribution is 2.39. The molecule has 0 bridgehead atoms. The van der Waals surface area contributed by atoms with Gasteiger partial charge in [-0.1, -0.05) is 18.2 Å². The molecule has 3 heteroatoms. The van der Waals surface area contributed by atoms with Gasteiger partial charge in [0.15, 0.2) is 0 Å². The Balaban J connectivity index is 2.23. The number of anilines is 1. The van der Waals surface area contributed by atoms with Crippen LogP contribution in [0.2, 0.25) is 0 Å². The van der Waals surface area contributed by atoms with Gasteiger partial charge in [0.1, 0.15) is 0 Å². The molecular formula is C15H13NO2. The van der Waals surface area contributed by atoms with E-state index in [2.05, 4.69) is 11.4 Å². The Morgan fingerprint density at radius 3 is 2.78 bits per heavy atom. The van der Waals surface area contributed by atoms with Gasteiger partial charge in [0.05, 0.1) is 5.56 Å². The van der Waals surface area contributed by atoms with Crippen LogP contribution in [0, 0.1) is 0 Å². The summed E-state index contributed by atoms with van der Waals surface area (Å²) in [4.78, 5) is 11.3. The van der Waals surface area contributed by atoms with Crippen LogP contribution in [0.4, 0.5) is 5.69 Å².